The molecular weight excluding hydrogens is 284 g/mol. The average Bonchev–Trinajstić information content (AvgIpc) is 2.77. The van der Waals surface area contributed by atoms with E-state index in [1.165, 1.54) is 16.2 Å². The van der Waals surface area contributed by atoms with Crippen LogP contribution in [0.5, 0.6) is 0 Å². The molecule has 6 heteroatoms. The maximum atomic E-state index is 11.4. The van der Waals surface area contributed by atoms with Crippen LogP contribution in [0.3, 0.4) is 0 Å². The number of aromatic nitrogens is 3. The minimum absolute atomic E-state index is 0.0664. The Morgan fingerprint density at radius 3 is 3.05 bits per heavy atom. The van der Waals surface area contributed by atoms with Gasteiger partial charge in [0.1, 0.15) is 5.01 Å². The summed E-state index contributed by atoms with van der Waals surface area (Å²) in [4.78, 5) is 26.7. The molecule has 2 aromatic heterocycles. The van der Waals surface area contributed by atoms with E-state index >= 15 is 0 Å². The van der Waals surface area contributed by atoms with Crippen molar-refractivity contribution in [2.75, 3.05) is 13.1 Å². The van der Waals surface area contributed by atoms with Crippen LogP contribution in [0, 0.1) is 13.8 Å². The van der Waals surface area contributed by atoms with Crippen molar-refractivity contribution in [3.63, 3.8) is 0 Å². The largest absolute Gasteiger partial charge is 0.313 e. The van der Waals surface area contributed by atoms with Crippen LogP contribution in [0.15, 0.2) is 17.2 Å². The predicted octanol–water partition coefficient (Wildman–Crippen LogP) is 2.22. The van der Waals surface area contributed by atoms with Gasteiger partial charge in [-0.15, -0.1) is 11.3 Å². The van der Waals surface area contributed by atoms with Gasteiger partial charge in [0.2, 0.25) is 0 Å². The first-order valence-electron chi connectivity index (χ1n) is 7.31. The molecule has 0 bridgehead atoms. The lowest BCUT2D eigenvalue weighted by Crippen LogP contribution is -2.34. The van der Waals surface area contributed by atoms with Crippen molar-refractivity contribution >= 4 is 11.3 Å². The summed E-state index contributed by atoms with van der Waals surface area (Å²) in [5.41, 5.74) is 1.98. The van der Waals surface area contributed by atoms with E-state index in [1.54, 1.807) is 17.4 Å². The standard InChI is InChI=1S/C15H20N4OS/c1-10-11(2)21-15(18-10)8-19-5-3-4-12(7-19)13-6-14(20)17-9-16-13/h6,9,12H,3-5,7-8H2,1-2H3,(H,16,17,20). The van der Waals surface area contributed by atoms with Crippen LogP contribution in [0.1, 0.15) is 40.0 Å². The van der Waals surface area contributed by atoms with Crippen LogP contribution in [-0.4, -0.2) is 32.9 Å². The van der Waals surface area contributed by atoms with Gasteiger partial charge in [-0.3, -0.25) is 9.69 Å². The van der Waals surface area contributed by atoms with E-state index < -0.39 is 0 Å². The highest BCUT2D eigenvalue weighted by molar-refractivity contribution is 7.11. The van der Waals surface area contributed by atoms with Gasteiger partial charge in [-0.2, -0.15) is 0 Å². The zero-order valence-corrected chi connectivity index (χ0v) is 13.2. The van der Waals surface area contributed by atoms with Gasteiger partial charge >= 0.3 is 0 Å². The maximum Gasteiger partial charge on any atom is 0.250 e. The summed E-state index contributed by atoms with van der Waals surface area (Å²) in [7, 11) is 0. The summed E-state index contributed by atoms with van der Waals surface area (Å²) < 4.78 is 0. The van der Waals surface area contributed by atoms with Crippen LogP contribution in [0.25, 0.3) is 0 Å². The van der Waals surface area contributed by atoms with Crippen molar-refractivity contribution in [3.8, 4) is 0 Å². The number of H-pyrrole nitrogens is 1. The molecule has 1 N–H and O–H groups in total. The molecular formula is C15H20N4OS. The zero-order chi connectivity index (χ0) is 14.8. The van der Waals surface area contributed by atoms with Gasteiger partial charge in [-0.1, -0.05) is 0 Å². The third kappa shape index (κ3) is 3.39. The van der Waals surface area contributed by atoms with Gasteiger partial charge in [0.25, 0.3) is 5.56 Å². The number of aryl methyl sites for hydroxylation is 2. The molecule has 1 saturated heterocycles. The molecule has 1 atom stereocenters. The van der Waals surface area contributed by atoms with Gasteiger partial charge in [0.15, 0.2) is 0 Å². The number of hydrogen-bond acceptors (Lipinski definition) is 5. The number of hydrogen-bond donors (Lipinski definition) is 1. The number of thiazole rings is 1. The molecule has 1 unspecified atom stereocenters. The molecule has 1 aliphatic rings. The maximum absolute atomic E-state index is 11.4. The van der Waals surface area contributed by atoms with Crippen LogP contribution in [-0.2, 0) is 6.54 Å². The predicted molar refractivity (Wildman–Crippen MR) is 83.7 cm³/mol. The van der Waals surface area contributed by atoms with Crippen molar-refractivity contribution in [1.29, 1.82) is 0 Å². The minimum Gasteiger partial charge on any atom is -0.313 e. The van der Waals surface area contributed by atoms with E-state index in [4.69, 9.17) is 0 Å². The Bertz CT molecular complexity index is 659. The second kappa shape index (κ2) is 6.07. The van der Waals surface area contributed by atoms with Gasteiger partial charge < -0.3 is 4.98 Å². The summed E-state index contributed by atoms with van der Waals surface area (Å²) in [5.74, 6) is 0.350. The molecule has 0 spiro atoms. The Kier molecular flexibility index (Phi) is 4.17. The van der Waals surface area contributed by atoms with Gasteiger partial charge in [0, 0.05) is 23.4 Å². The Labute approximate surface area is 128 Å². The average molecular weight is 304 g/mol. The highest BCUT2D eigenvalue weighted by atomic mass is 32.1. The lowest BCUT2D eigenvalue weighted by Gasteiger charge is -2.31. The van der Waals surface area contributed by atoms with E-state index in [2.05, 4.69) is 33.7 Å². The Hall–Kier alpha value is -1.53. The second-order valence-corrected chi connectivity index (χ2v) is 6.95. The number of piperidine rings is 1. The Morgan fingerprint density at radius 2 is 2.33 bits per heavy atom. The van der Waals surface area contributed by atoms with E-state index in [-0.39, 0.29) is 5.56 Å². The first kappa shape index (κ1) is 14.4. The third-order valence-electron chi connectivity index (χ3n) is 4.05. The molecule has 3 rings (SSSR count). The molecule has 0 saturated carbocycles. The smallest absolute Gasteiger partial charge is 0.250 e. The van der Waals surface area contributed by atoms with E-state index in [0.29, 0.717) is 5.92 Å². The van der Waals surface area contributed by atoms with Crippen molar-refractivity contribution < 1.29 is 0 Å². The van der Waals surface area contributed by atoms with E-state index in [9.17, 15) is 4.79 Å². The molecule has 3 heterocycles. The lowest BCUT2D eigenvalue weighted by molar-refractivity contribution is 0.198. The van der Waals surface area contributed by atoms with Gasteiger partial charge in [-0.05, 0) is 33.2 Å². The van der Waals surface area contributed by atoms with Crippen molar-refractivity contribution in [1.82, 2.24) is 19.9 Å². The van der Waals surface area contributed by atoms with Crippen molar-refractivity contribution in [3.05, 3.63) is 44.0 Å². The summed E-state index contributed by atoms with van der Waals surface area (Å²) >= 11 is 1.78. The molecule has 1 aliphatic heterocycles. The first-order valence-corrected chi connectivity index (χ1v) is 8.13. The fraction of sp³-hybridized carbons (Fsp3) is 0.533. The van der Waals surface area contributed by atoms with Crippen LogP contribution in [0.4, 0.5) is 0 Å². The highest BCUT2D eigenvalue weighted by Gasteiger charge is 2.23. The number of rotatable bonds is 3. The summed E-state index contributed by atoms with van der Waals surface area (Å²) in [6.45, 7) is 7.13. The van der Waals surface area contributed by atoms with Gasteiger partial charge in [-0.25, -0.2) is 9.97 Å². The fourth-order valence-electron chi connectivity index (χ4n) is 2.85. The minimum atomic E-state index is -0.0664. The normalized spacial score (nSPS) is 19.8. The molecule has 112 valence electrons. The van der Waals surface area contributed by atoms with E-state index in [1.807, 2.05) is 0 Å². The Balaban J connectivity index is 1.69. The monoisotopic (exact) mass is 304 g/mol. The first-order chi connectivity index (χ1) is 10.1. The zero-order valence-electron chi connectivity index (χ0n) is 12.4. The van der Waals surface area contributed by atoms with Gasteiger partial charge in [0.05, 0.1) is 24.3 Å². The molecule has 0 aromatic carbocycles. The highest BCUT2D eigenvalue weighted by Crippen LogP contribution is 2.26. The topological polar surface area (TPSA) is 61.9 Å². The quantitative estimate of drug-likeness (QED) is 0.944. The van der Waals surface area contributed by atoms with E-state index in [0.717, 1.165) is 43.9 Å². The summed E-state index contributed by atoms with van der Waals surface area (Å²) in [5, 5.41) is 1.18. The number of aromatic amines is 1. The third-order valence-corrected chi connectivity index (χ3v) is 5.11. The molecule has 2 aromatic rings. The second-order valence-electron chi connectivity index (χ2n) is 5.66. The van der Waals surface area contributed by atoms with Crippen LogP contribution >= 0.6 is 11.3 Å². The van der Waals surface area contributed by atoms with Crippen LogP contribution in [0.2, 0.25) is 0 Å². The number of nitrogens with one attached hydrogen (secondary N) is 1. The fourth-order valence-corrected chi connectivity index (χ4v) is 3.82. The molecule has 0 aliphatic carbocycles. The van der Waals surface area contributed by atoms with Crippen LogP contribution < -0.4 is 5.56 Å². The Morgan fingerprint density at radius 1 is 1.48 bits per heavy atom. The number of likely N-dealkylation sites (tertiary alicyclic amines) is 1. The SMILES string of the molecule is Cc1nc(CN2CCCC(c3cc(=O)[nH]cn3)C2)sc1C. The number of nitrogens with zero attached hydrogens (tertiary/aromatic N) is 3. The molecule has 0 radical (unpaired) electrons. The molecule has 0 amide bonds. The molecule has 5 nitrogen and oxygen atoms in total. The lowest BCUT2D eigenvalue weighted by atomic mass is 9.94. The molecule has 21 heavy (non-hydrogen) atoms. The molecule has 1 fully saturated rings. The van der Waals surface area contributed by atoms with Crippen molar-refractivity contribution in [2.24, 2.45) is 0 Å². The summed E-state index contributed by atoms with van der Waals surface area (Å²) in [6.07, 6.45) is 3.75. The summed E-state index contributed by atoms with van der Waals surface area (Å²) in [6, 6.07) is 1.63. The van der Waals surface area contributed by atoms with Crippen molar-refractivity contribution in [2.45, 2.75) is 39.2 Å².